The molecule has 174 valence electrons. The van der Waals surface area contributed by atoms with Gasteiger partial charge in [0.05, 0.1) is 12.5 Å². The number of carbonyl (C=O) groups excluding carboxylic acids is 1. The minimum absolute atomic E-state index is 0.147. The van der Waals surface area contributed by atoms with Crippen LogP contribution in [0.4, 0.5) is 0 Å². The van der Waals surface area contributed by atoms with Crippen molar-refractivity contribution in [2.75, 3.05) is 26.2 Å². The van der Waals surface area contributed by atoms with Crippen molar-refractivity contribution < 1.29 is 13.2 Å². The van der Waals surface area contributed by atoms with Gasteiger partial charge in [-0.25, -0.2) is 8.42 Å². The van der Waals surface area contributed by atoms with Crippen molar-refractivity contribution in [3.05, 3.63) is 83.4 Å². The van der Waals surface area contributed by atoms with Crippen molar-refractivity contribution in [1.29, 1.82) is 5.26 Å². The van der Waals surface area contributed by atoms with Crippen molar-refractivity contribution in [2.24, 2.45) is 0 Å². The fourth-order valence-electron chi connectivity index (χ4n) is 4.01. The van der Waals surface area contributed by atoms with Crippen molar-refractivity contribution in [1.82, 2.24) is 13.8 Å². The summed E-state index contributed by atoms with van der Waals surface area (Å²) in [4.78, 5) is 14.4. The van der Waals surface area contributed by atoms with Gasteiger partial charge in [-0.05, 0) is 23.8 Å². The number of hydrogen-bond donors (Lipinski definition) is 0. The number of aryl methyl sites for hydroxylation is 1. The van der Waals surface area contributed by atoms with Crippen LogP contribution in [-0.4, -0.2) is 54.3 Å². The Bertz CT molecular complexity index is 1360. The molecule has 0 radical (unpaired) electrons. The van der Waals surface area contributed by atoms with E-state index in [1.54, 1.807) is 17.1 Å². The summed E-state index contributed by atoms with van der Waals surface area (Å²) in [5.74, 6) is -0.147. The third-order valence-corrected chi connectivity index (χ3v) is 7.40. The summed E-state index contributed by atoms with van der Waals surface area (Å²) in [6, 6.07) is 19.3. The van der Waals surface area contributed by atoms with E-state index in [0.29, 0.717) is 26.1 Å². The molecule has 3 aromatic rings. The van der Waals surface area contributed by atoms with Crippen LogP contribution >= 0.6 is 0 Å². The monoisotopic (exact) mass is 474 g/mol. The number of rotatable bonds is 7. The summed E-state index contributed by atoms with van der Waals surface area (Å²) < 4.78 is 28.7. The molecule has 2 heterocycles. The lowest BCUT2D eigenvalue weighted by atomic mass is 10.1. The first kappa shape index (κ1) is 23.5. The third-order valence-electron chi connectivity index (χ3n) is 5.83. The van der Waals surface area contributed by atoms with E-state index in [0.717, 1.165) is 22.0 Å². The van der Waals surface area contributed by atoms with E-state index in [4.69, 9.17) is 5.26 Å². The van der Waals surface area contributed by atoms with E-state index in [-0.39, 0.29) is 19.0 Å². The van der Waals surface area contributed by atoms with Crippen LogP contribution in [0.3, 0.4) is 0 Å². The number of fused-ring (bicyclic) bond motifs is 1. The van der Waals surface area contributed by atoms with Gasteiger partial charge in [-0.15, -0.1) is 0 Å². The van der Waals surface area contributed by atoms with Crippen molar-refractivity contribution in [3.8, 4) is 6.07 Å². The molecule has 0 saturated carbocycles. The molecule has 0 aliphatic carbocycles. The second kappa shape index (κ2) is 10.5. The van der Waals surface area contributed by atoms with Crippen LogP contribution in [0.2, 0.25) is 0 Å². The molecule has 1 aliphatic heterocycles. The van der Waals surface area contributed by atoms with Crippen LogP contribution in [0.25, 0.3) is 23.1 Å². The second-order valence-electron chi connectivity index (χ2n) is 8.02. The number of nitriles is 1. The van der Waals surface area contributed by atoms with Gasteiger partial charge in [0.1, 0.15) is 0 Å². The van der Waals surface area contributed by atoms with Crippen molar-refractivity contribution >= 4 is 39.0 Å². The molecule has 0 bridgehead atoms. The minimum Gasteiger partial charge on any atom is -0.346 e. The number of amides is 1. The highest BCUT2D eigenvalue weighted by Gasteiger charge is 2.26. The summed E-state index contributed by atoms with van der Waals surface area (Å²) in [5, 5.41) is 11.1. The van der Waals surface area contributed by atoms with Gasteiger partial charge in [-0.1, -0.05) is 48.5 Å². The molecule has 0 N–H and O–H groups in total. The zero-order valence-electron chi connectivity index (χ0n) is 18.7. The molecular weight excluding hydrogens is 448 g/mol. The molecule has 0 spiro atoms. The molecule has 1 saturated heterocycles. The molecule has 1 fully saturated rings. The van der Waals surface area contributed by atoms with E-state index in [1.165, 1.54) is 15.8 Å². The molecule has 7 nitrogen and oxygen atoms in total. The lowest BCUT2D eigenvalue weighted by molar-refractivity contribution is -0.127. The molecule has 0 atom stereocenters. The average molecular weight is 475 g/mol. The Balaban J connectivity index is 1.39. The standard InChI is InChI=1S/C26H26N4O3S/c27-14-6-15-29-21-23(24-9-4-5-10-25(24)29)11-12-26(31)28-16-18-30(19-17-28)34(32,33)20-13-22-7-2-1-3-8-22/h1-5,7-13,20-21H,6,15-19H2/b12-11+,20-13+. The largest absolute Gasteiger partial charge is 0.346 e. The van der Waals surface area contributed by atoms with Gasteiger partial charge in [0.25, 0.3) is 0 Å². The molecule has 1 amide bonds. The van der Waals surface area contributed by atoms with Gasteiger partial charge in [0.2, 0.25) is 15.9 Å². The summed E-state index contributed by atoms with van der Waals surface area (Å²) in [6.07, 6.45) is 7.28. The molecule has 2 aromatic carbocycles. The van der Waals surface area contributed by atoms with Gasteiger partial charge in [0, 0.05) is 66.9 Å². The summed E-state index contributed by atoms with van der Waals surface area (Å²) in [7, 11) is -3.54. The van der Waals surface area contributed by atoms with E-state index in [1.807, 2.05) is 65.4 Å². The first-order chi connectivity index (χ1) is 16.5. The topological polar surface area (TPSA) is 86.4 Å². The SMILES string of the molecule is N#CCCn1cc(/C=C/C(=O)N2CCN(S(=O)(=O)/C=C/c3ccccc3)CC2)c2ccccc21. The Kier molecular flexibility index (Phi) is 7.26. The van der Waals surface area contributed by atoms with Crippen LogP contribution in [0.15, 0.2) is 72.3 Å². The fourth-order valence-corrected chi connectivity index (χ4v) is 5.18. The fraction of sp³-hybridized carbons (Fsp3) is 0.231. The smallest absolute Gasteiger partial charge is 0.246 e. The zero-order valence-corrected chi connectivity index (χ0v) is 19.6. The van der Waals surface area contributed by atoms with Crippen LogP contribution in [0.1, 0.15) is 17.5 Å². The average Bonchev–Trinajstić information content (AvgIpc) is 3.23. The third kappa shape index (κ3) is 5.45. The minimum atomic E-state index is -3.54. The van der Waals surface area contributed by atoms with Crippen LogP contribution in [0, 0.1) is 11.3 Å². The number of benzene rings is 2. The van der Waals surface area contributed by atoms with Crippen LogP contribution in [0.5, 0.6) is 0 Å². The number of hydrogen-bond acceptors (Lipinski definition) is 4. The predicted molar refractivity (Wildman–Crippen MR) is 134 cm³/mol. The highest BCUT2D eigenvalue weighted by molar-refractivity contribution is 7.92. The maximum Gasteiger partial charge on any atom is 0.246 e. The molecule has 1 aliphatic rings. The van der Waals surface area contributed by atoms with Crippen molar-refractivity contribution in [3.63, 3.8) is 0 Å². The highest BCUT2D eigenvalue weighted by atomic mass is 32.2. The van der Waals surface area contributed by atoms with Gasteiger partial charge in [-0.3, -0.25) is 4.79 Å². The number of sulfonamides is 1. The van der Waals surface area contributed by atoms with E-state index in [9.17, 15) is 13.2 Å². The predicted octanol–water partition coefficient (Wildman–Crippen LogP) is 3.71. The Morgan fingerprint density at radius 3 is 2.41 bits per heavy atom. The first-order valence-electron chi connectivity index (χ1n) is 11.1. The number of nitrogens with zero attached hydrogens (tertiary/aromatic N) is 4. The molecular formula is C26H26N4O3S. The number of para-hydroxylation sites is 1. The van der Waals surface area contributed by atoms with Crippen LogP contribution in [-0.2, 0) is 21.4 Å². The molecule has 34 heavy (non-hydrogen) atoms. The summed E-state index contributed by atoms with van der Waals surface area (Å²) >= 11 is 0. The maximum absolute atomic E-state index is 12.8. The van der Waals surface area contributed by atoms with Gasteiger partial charge in [-0.2, -0.15) is 9.57 Å². The number of aromatic nitrogens is 1. The van der Waals surface area contributed by atoms with E-state index >= 15 is 0 Å². The first-order valence-corrected chi connectivity index (χ1v) is 12.6. The summed E-state index contributed by atoms with van der Waals surface area (Å²) in [6.45, 7) is 1.79. The lowest BCUT2D eigenvalue weighted by Crippen LogP contribution is -2.49. The second-order valence-corrected chi connectivity index (χ2v) is 9.84. The summed E-state index contributed by atoms with van der Waals surface area (Å²) in [5.41, 5.74) is 2.75. The van der Waals surface area contributed by atoms with Gasteiger partial charge in [0.15, 0.2) is 0 Å². The molecule has 1 aromatic heterocycles. The van der Waals surface area contributed by atoms with E-state index in [2.05, 4.69) is 6.07 Å². The highest BCUT2D eigenvalue weighted by Crippen LogP contribution is 2.23. The van der Waals surface area contributed by atoms with Gasteiger partial charge < -0.3 is 9.47 Å². The Morgan fingerprint density at radius 1 is 0.971 bits per heavy atom. The quantitative estimate of drug-likeness (QED) is 0.489. The normalized spacial score (nSPS) is 15.3. The molecule has 4 rings (SSSR count). The Labute approximate surface area is 199 Å². The van der Waals surface area contributed by atoms with Crippen molar-refractivity contribution in [2.45, 2.75) is 13.0 Å². The Hall–Kier alpha value is -3.67. The van der Waals surface area contributed by atoms with E-state index < -0.39 is 10.0 Å². The number of piperazine rings is 1. The molecule has 8 heteroatoms. The lowest BCUT2D eigenvalue weighted by Gasteiger charge is -2.32. The molecule has 0 unspecified atom stereocenters. The number of carbonyl (C=O) groups is 1. The zero-order chi connectivity index (χ0) is 24.0. The Morgan fingerprint density at radius 2 is 1.68 bits per heavy atom. The van der Waals surface area contributed by atoms with Crippen LogP contribution < -0.4 is 0 Å². The van der Waals surface area contributed by atoms with Gasteiger partial charge >= 0.3 is 0 Å². The maximum atomic E-state index is 12.8.